The molecule has 1 unspecified atom stereocenters. The Labute approximate surface area is 133 Å². The largest absolute Gasteiger partial charge is 0.469 e. The predicted octanol–water partition coefficient (Wildman–Crippen LogP) is 2.99. The molecule has 5 heteroatoms. The number of furan rings is 1. The standard InChI is InChI=1S/C17H28N2O3/c1-6-9-19(17(21)15-8-11-22-14(15)5)10-7-16(20)18-13(4)12(2)3/h8,11-13H,6-7,9-10H2,1-5H3,(H,18,20). The van der Waals surface area contributed by atoms with E-state index in [2.05, 4.69) is 19.2 Å². The first kappa shape index (κ1) is 18.3. The maximum absolute atomic E-state index is 12.5. The van der Waals surface area contributed by atoms with Crippen molar-refractivity contribution in [2.24, 2.45) is 5.92 Å². The lowest BCUT2D eigenvalue weighted by Crippen LogP contribution is -2.39. The summed E-state index contributed by atoms with van der Waals surface area (Å²) in [6.45, 7) is 11.0. The molecule has 124 valence electrons. The van der Waals surface area contributed by atoms with Gasteiger partial charge in [-0.25, -0.2) is 0 Å². The van der Waals surface area contributed by atoms with Crippen LogP contribution in [-0.2, 0) is 4.79 Å². The van der Waals surface area contributed by atoms with Gasteiger partial charge < -0.3 is 14.6 Å². The molecule has 0 saturated carbocycles. The summed E-state index contributed by atoms with van der Waals surface area (Å²) >= 11 is 0. The topological polar surface area (TPSA) is 62.6 Å². The lowest BCUT2D eigenvalue weighted by Gasteiger charge is -2.23. The molecule has 2 amide bonds. The number of nitrogens with one attached hydrogen (secondary N) is 1. The lowest BCUT2D eigenvalue weighted by molar-refractivity contribution is -0.122. The highest BCUT2D eigenvalue weighted by molar-refractivity contribution is 5.95. The molecule has 1 N–H and O–H groups in total. The summed E-state index contributed by atoms with van der Waals surface area (Å²) in [4.78, 5) is 26.2. The van der Waals surface area contributed by atoms with Gasteiger partial charge in [-0.3, -0.25) is 9.59 Å². The van der Waals surface area contributed by atoms with Crippen molar-refractivity contribution in [3.8, 4) is 0 Å². The second-order valence-electron chi connectivity index (χ2n) is 6.03. The molecule has 1 rings (SSSR count). The third-order valence-electron chi connectivity index (χ3n) is 3.87. The lowest BCUT2D eigenvalue weighted by atomic mass is 10.1. The van der Waals surface area contributed by atoms with Crippen LogP contribution in [0.3, 0.4) is 0 Å². The van der Waals surface area contributed by atoms with Crippen LogP contribution in [-0.4, -0.2) is 35.8 Å². The van der Waals surface area contributed by atoms with Gasteiger partial charge in [0, 0.05) is 25.6 Å². The fraction of sp³-hybridized carbons (Fsp3) is 0.647. The molecule has 1 aromatic rings. The van der Waals surface area contributed by atoms with E-state index in [9.17, 15) is 9.59 Å². The molecule has 1 atom stereocenters. The Morgan fingerprint density at radius 1 is 1.27 bits per heavy atom. The molecule has 0 spiro atoms. The van der Waals surface area contributed by atoms with Gasteiger partial charge >= 0.3 is 0 Å². The monoisotopic (exact) mass is 308 g/mol. The van der Waals surface area contributed by atoms with Gasteiger partial charge in [-0.1, -0.05) is 20.8 Å². The van der Waals surface area contributed by atoms with E-state index >= 15 is 0 Å². The van der Waals surface area contributed by atoms with Crippen molar-refractivity contribution in [3.63, 3.8) is 0 Å². The summed E-state index contributed by atoms with van der Waals surface area (Å²) in [7, 11) is 0. The van der Waals surface area contributed by atoms with Gasteiger partial charge in [-0.05, 0) is 32.3 Å². The van der Waals surface area contributed by atoms with Crippen molar-refractivity contribution in [1.29, 1.82) is 0 Å². The van der Waals surface area contributed by atoms with E-state index in [1.165, 1.54) is 6.26 Å². The SMILES string of the molecule is CCCN(CCC(=O)NC(C)C(C)C)C(=O)c1ccoc1C. The van der Waals surface area contributed by atoms with Crippen LogP contribution in [0.2, 0.25) is 0 Å². The molecule has 1 aromatic heterocycles. The van der Waals surface area contributed by atoms with Crippen LogP contribution in [0.5, 0.6) is 0 Å². The highest BCUT2D eigenvalue weighted by Gasteiger charge is 2.20. The molecule has 5 nitrogen and oxygen atoms in total. The molecule has 0 aliphatic heterocycles. The van der Waals surface area contributed by atoms with Crippen LogP contribution in [0.4, 0.5) is 0 Å². The minimum absolute atomic E-state index is 0.0148. The number of aryl methyl sites for hydroxylation is 1. The molecule has 0 aromatic carbocycles. The maximum Gasteiger partial charge on any atom is 0.257 e. The summed E-state index contributed by atoms with van der Waals surface area (Å²) in [6, 6.07) is 1.82. The second-order valence-corrected chi connectivity index (χ2v) is 6.03. The van der Waals surface area contributed by atoms with Gasteiger partial charge in [0.05, 0.1) is 11.8 Å². The molecule has 0 aliphatic carbocycles. The van der Waals surface area contributed by atoms with E-state index in [1.54, 1.807) is 17.9 Å². The Kier molecular flexibility index (Phi) is 7.15. The first-order chi connectivity index (χ1) is 10.4. The number of carbonyl (C=O) groups is 2. The second kappa shape index (κ2) is 8.61. The molecular weight excluding hydrogens is 280 g/mol. The third kappa shape index (κ3) is 5.20. The van der Waals surface area contributed by atoms with Crippen molar-refractivity contribution in [2.45, 2.75) is 53.5 Å². The van der Waals surface area contributed by atoms with Gasteiger partial charge in [-0.15, -0.1) is 0 Å². The van der Waals surface area contributed by atoms with Crippen molar-refractivity contribution in [3.05, 3.63) is 23.7 Å². The zero-order valence-corrected chi connectivity index (χ0v) is 14.3. The highest BCUT2D eigenvalue weighted by Crippen LogP contribution is 2.13. The Bertz CT molecular complexity index is 494. The normalized spacial score (nSPS) is 12.3. The fourth-order valence-electron chi connectivity index (χ4n) is 2.09. The molecule has 22 heavy (non-hydrogen) atoms. The van der Waals surface area contributed by atoms with E-state index in [0.717, 1.165) is 6.42 Å². The zero-order valence-electron chi connectivity index (χ0n) is 14.3. The number of amides is 2. The quantitative estimate of drug-likeness (QED) is 0.803. The van der Waals surface area contributed by atoms with Crippen molar-refractivity contribution < 1.29 is 14.0 Å². The van der Waals surface area contributed by atoms with E-state index in [-0.39, 0.29) is 17.9 Å². The molecule has 0 bridgehead atoms. The molecule has 0 radical (unpaired) electrons. The van der Waals surface area contributed by atoms with Crippen LogP contribution in [0, 0.1) is 12.8 Å². The fourth-order valence-corrected chi connectivity index (χ4v) is 2.09. The van der Waals surface area contributed by atoms with Gasteiger partial charge in [0.25, 0.3) is 5.91 Å². The Morgan fingerprint density at radius 2 is 1.95 bits per heavy atom. The van der Waals surface area contributed by atoms with E-state index in [0.29, 0.717) is 36.8 Å². The van der Waals surface area contributed by atoms with Gasteiger partial charge in [0.15, 0.2) is 0 Å². The van der Waals surface area contributed by atoms with E-state index in [4.69, 9.17) is 4.42 Å². The summed E-state index contributed by atoms with van der Waals surface area (Å²) in [5.41, 5.74) is 0.574. The van der Waals surface area contributed by atoms with Gasteiger partial charge in [0.1, 0.15) is 5.76 Å². The minimum atomic E-state index is -0.0715. The first-order valence-corrected chi connectivity index (χ1v) is 7.99. The van der Waals surface area contributed by atoms with Gasteiger partial charge in [0.2, 0.25) is 5.91 Å². The number of nitrogens with zero attached hydrogens (tertiary/aromatic N) is 1. The number of rotatable bonds is 8. The van der Waals surface area contributed by atoms with Crippen LogP contribution < -0.4 is 5.32 Å². The number of carbonyl (C=O) groups excluding carboxylic acids is 2. The minimum Gasteiger partial charge on any atom is -0.469 e. The van der Waals surface area contributed by atoms with Crippen LogP contribution in [0.15, 0.2) is 16.7 Å². The van der Waals surface area contributed by atoms with Crippen LogP contribution in [0.1, 0.15) is 56.7 Å². The average Bonchev–Trinajstić information content (AvgIpc) is 2.88. The van der Waals surface area contributed by atoms with Gasteiger partial charge in [-0.2, -0.15) is 0 Å². The summed E-state index contributed by atoms with van der Waals surface area (Å²) in [5, 5.41) is 2.97. The Morgan fingerprint density at radius 3 is 2.45 bits per heavy atom. The molecule has 1 heterocycles. The first-order valence-electron chi connectivity index (χ1n) is 7.99. The molecule has 0 saturated heterocycles. The predicted molar refractivity (Wildman–Crippen MR) is 86.7 cm³/mol. The molecule has 0 fully saturated rings. The summed E-state index contributed by atoms with van der Waals surface area (Å²) in [6.07, 6.45) is 2.69. The average molecular weight is 308 g/mol. The van der Waals surface area contributed by atoms with Crippen LogP contribution >= 0.6 is 0 Å². The van der Waals surface area contributed by atoms with Crippen molar-refractivity contribution >= 4 is 11.8 Å². The van der Waals surface area contributed by atoms with E-state index < -0.39 is 0 Å². The summed E-state index contributed by atoms with van der Waals surface area (Å²) < 4.78 is 5.19. The number of hydrogen-bond donors (Lipinski definition) is 1. The molecular formula is C17H28N2O3. The van der Waals surface area contributed by atoms with Crippen molar-refractivity contribution in [2.75, 3.05) is 13.1 Å². The Hall–Kier alpha value is -1.78. The molecule has 0 aliphatic rings. The highest BCUT2D eigenvalue weighted by atomic mass is 16.3. The van der Waals surface area contributed by atoms with Crippen molar-refractivity contribution in [1.82, 2.24) is 10.2 Å². The maximum atomic E-state index is 12.5. The summed E-state index contributed by atoms with van der Waals surface area (Å²) in [5.74, 6) is 0.923. The Balaban J connectivity index is 2.60. The third-order valence-corrected chi connectivity index (χ3v) is 3.87. The van der Waals surface area contributed by atoms with Crippen LogP contribution in [0.25, 0.3) is 0 Å². The zero-order chi connectivity index (χ0) is 16.7. The smallest absolute Gasteiger partial charge is 0.257 e. The van der Waals surface area contributed by atoms with E-state index in [1.807, 2.05) is 13.8 Å². The number of hydrogen-bond acceptors (Lipinski definition) is 3.